The summed E-state index contributed by atoms with van der Waals surface area (Å²) in [5, 5.41) is 0. The third-order valence-electron chi connectivity index (χ3n) is 2.59. The van der Waals surface area contributed by atoms with E-state index in [-0.39, 0.29) is 16.9 Å². The van der Waals surface area contributed by atoms with Crippen LogP contribution in [0.5, 0.6) is 11.5 Å². The van der Waals surface area contributed by atoms with Gasteiger partial charge in [0.15, 0.2) is 0 Å². The van der Waals surface area contributed by atoms with Crippen molar-refractivity contribution < 1.29 is 35.8 Å². The summed E-state index contributed by atoms with van der Waals surface area (Å²) in [6, 6.07) is 1.85. The van der Waals surface area contributed by atoms with Gasteiger partial charge < -0.3 is 9.47 Å². The monoisotopic (exact) mass is 310 g/mol. The zero-order valence-electron chi connectivity index (χ0n) is 10.3. The Bertz CT molecular complexity index is 586. The number of ether oxygens (including phenoxy) is 2. The van der Waals surface area contributed by atoms with Gasteiger partial charge in [-0.1, -0.05) is 18.7 Å². The van der Waals surface area contributed by atoms with E-state index < -0.39 is 24.4 Å². The number of hydrogen-bond acceptors (Lipinski definition) is 2. The van der Waals surface area contributed by atoms with Crippen LogP contribution in [0.3, 0.4) is 0 Å². The summed E-state index contributed by atoms with van der Waals surface area (Å²) in [5.41, 5.74) is 0.0255. The van der Waals surface area contributed by atoms with Crippen molar-refractivity contribution in [3.63, 3.8) is 0 Å². The molecular weight excluding hydrogens is 302 g/mol. The van der Waals surface area contributed by atoms with E-state index in [2.05, 4.69) is 11.3 Å². The Morgan fingerprint density at radius 1 is 1.14 bits per heavy atom. The molecule has 8 heteroatoms. The Hall–Kier alpha value is -2.12. The van der Waals surface area contributed by atoms with Gasteiger partial charge in [0.05, 0.1) is 0 Å². The fourth-order valence-corrected chi connectivity index (χ4v) is 1.78. The summed E-state index contributed by atoms with van der Waals surface area (Å²) in [7, 11) is 0. The molecule has 114 valence electrons. The number of alkyl halides is 6. The maximum Gasteiger partial charge on any atom is 0.573 e. The summed E-state index contributed by atoms with van der Waals surface area (Å²) >= 11 is 0. The summed E-state index contributed by atoms with van der Waals surface area (Å²) in [5.74, 6) is -0.751. The highest BCUT2D eigenvalue weighted by molar-refractivity contribution is 5.71. The van der Waals surface area contributed by atoms with Crippen LogP contribution in [0, 0.1) is 0 Å². The molecule has 1 aliphatic heterocycles. The molecular formula is C13H8F6O2. The number of fused-ring (bicyclic) bond motifs is 1. The van der Waals surface area contributed by atoms with Crippen LogP contribution in [0.25, 0.3) is 12.2 Å². The normalized spacial score (nSPS) is 17.9. The third kappa shape index (κ3) is 3.50. The lowest BCUT2D eigenvalue weighted by atomic mass is 10.0. The Labute approximate surface area is 115 Å². The molecule has 1 aromatic carbocycles. The van der Waals surface area contributed by atoms with Crippen LogP contribution in [0.4, 0.5) is 26.3 Å². The molecule has 1 aromatic rings. The van der Waals surface area contributed by atoms with Crippen LogP contribution in [-0.2, 0) is 0 Å². The number of rotatable bonds is 2. The molecule has 2 rings (SSSR count). The number of hydrogen-bond donors (Lipinski definition) is 0. The first kappa shape index (κ1) is 15.3. The first-order valence-corrected chi connectivity index (χ1v) is 5.58. The lowest BCUT2D eigenvalue weighted by Crippen LogP contribution is -2.34. The summed E-state index contributed by atoms with van der Waals surface area (Å²) in [6.07, 6.45) is -8.83. The van der Waals surface area contributed by atoms with E-state index in [4.69, 9.17) is 4.74 Å². The fourth-order valence-electron chi connectivity index (χ4n) is 1.78. The highest BCUT2D eigenvalue weighted by atomic mass is 19.4. The standard InChI is InChI=1S/C13H8F6O2/c1-2-7-5-9(21-13(17,18)19)6-8-3-4-10(12(14,15)16)20-11(7)8/h2-6,10H,1H2. The van der Waals surface area contributed by atoms with Gasteiger partial charge in [0.25, 0.3) is 0 Å². The van der Waals surface area contributed by atoms with Crippen molar-refractivity contribution >= 4 is 12.2 Å². The summed E-state index contributed by atoms with van der Waals surface area (Å²) in [4.78, 5) is 0. The van der Waals surface area contributed by atoms with E-state index in [1.165, 1.54) is 0 Å². The van der Waals surface area contributed by atoms with Gasteiger partial charge in [0, 0.05) is 11.1 Å². The van der Waals surface area contributed by atoms with Gasteiger partial charge >= 0.3 is 12.5 Å². The molecule has 0 spiro atoms. The van der Waals surface area contributed by atoms with Crippen molar-refractivity contribution in [2.75, 3.05) is 0 Å². The SMILES string of the molecule is C=Cc1cc(OC(F)(F)F)cc2c1OC(C(F)(F)F)C=C2. The molecule has 1 heterocycles. The van der Waals surface area contributed by atoms with Crippen LogP contribution in [-0.4, -0.2) is 18.6 Å². The van der Waals surface area contributed by atoms with Gasteiger partial charge in [0.1, 0.15) is 11.5 Å². The minimum atomic E-state index is -4.90. The summed E-state index contributed by atoms with van der Waals surface area (Å²) < 4.78 is 82.9. The van der Waals surface area contributed by atoms with E-state index >= 15 is 0 Å². The van der Waals surface area contributed by atoms with Crippen molar-refractivity contribution in [3.8, 4) is 11.5 Å². The third-order valence-corrected chi connectivity index (χ3v) is 2.59. The Kier molecular flexibility index (Phi) is 3.65. The molecule has 1 unspecified atom stereocenters. The van der Waals surface area contributed by atoms with Crippen molar-refractivity contribution in [3.05, 3.63) is 35.9 Å². The minimum absolute atomic E-state index is 0.0228. The fraction of sp³-hybridized carbons (Fsp3) is 0.231. The maximum absolute atomic E-state index is 12.6. The smallest absolute Gasteiger partial charge is 0.476 e. The van der Waals surface area contributed by atoms with Crippen LogP contribution >= 0.6 is 0 Å². The average Bonchev–Trinajstić information content (AvgIpc) is 2.34. The lowest BCUT2D eigenvalue weighted by molar-refractivity contribution is -0.274. The van der Waals surface area contributed by atoms with Gasteiger partial charge in [0.2, 0.25) is 6.10 Å². The highest BCUT2D eigenvalue weighted by Crippen LogP contribution is 2.39. The largest absolute Gasteiger partial charge is 0.573 e. The lowest BCUT2D eigenvalue weighted by Gasteiger charge is -2.25. The molecule has 0 amide bonds. The van der Waals surface area contributed by atoms with E-state index in [1.807, 2.05) is 0 Å². The Balaban J connectivity index is 2.41. The van der Waals surface area contributed by atoms with Crippen LogP contribution < -0.4 is 9.47 Å². The van der Waals surface area contributed by atoms with Gasteiger partial charge in [-0.25, -0.2) is 0 Å². The molecule has 21 heavy (non-hydrogen) atoms. The second-order valence-corrected chi connectivity index (χ2v) is 4.12. The van der Waals surface area contributed by atoms with Crippen LogP contribution in [0.2, 0.25) is 0 Å². The van der Waals surface area contributed by atoms with Gasteiger partial charge in [-0.3, -0.25) is 0 Å². The van der Waals surface area contributed by atoms with Gasteiger partial charge in [-0.15, -0.1) is 13.2 Å². The number of halogens is 6. The Morgan fingerprint density at radius 3 is 2.33 bits per heavy atom. The molecule has 0 aromatic heterocycles. The Morgan fingerprint density at radius 2 is 1.81 bits per heavy atom. The van der Waals surface area contributed by atoms with Crippen LogP contribution in [0.15, 0.2) is 24.8 Å². The molecule has 0 saturated carbocycles. The first-order valence-electron chi connectivity index (χ1n) is 5.58. The van der Waals surface area contributed by atoms with Gasteiger partial charge in [-0.2, -0.15) is 13.2 Å². The molecule has 1 atom stereocenters. The topological polar surface area (TPSA) is 18.5 Å². The molecule has 0 fully saturated rings. The molecule has 0 saturated heterocycles. The van der Waals surface area contributed by atoms with E-state index in [9.17, 15) is 26.3 Å². The zero-order chi connectivity index (χ0) is 15.8. The molecule has 0 bridgehead atoms. The maximum atomic E-state index is 12.6. The highest BCUT2D eigenvalue weighted by Gasteiger charge is 2.42. The van der Waals surface area contributed by atoms with E-state index in [1.54, 1.807) is 0 Å². The summed E-state index contributed by atoms with van der Waals surface area (Å²) in [6.45, 7) is 3.34. The van der Waals surface area contributed by atoms with Crippen molar-refractivity contribution in [2.24, 2.45) is 0 Å². The average molecular weight is 310 g/mol. The zero-order valence-corrected chi connectivity index (χ0v) is 10.3. The molecule has 2 nitrogen and oxygen atoms in total. The second kappa shape index (κ2) is 5.01. The van der Waals surface area contributed by atoms with E-state index in [0.29, 0.717) is 6.08 Å². The molecule has 0 N–H and O–H groups in total. The quantitative estimate of drug-likeness (QED) is 0.745. The van der Waals surface area contributed by atoms with Crippen LogP contribution in [0.1, 0.15) is 11.1 Å². The predicted octanol–water partition coefficient (Wildman–Crippen LogP) is 4.56. The van der Waals surface area contributed by atoms with Crippen molar-refractivity contribution in [2.45, 2.75) is 18.6 Å². The predicted molar refractivity (Wildman–Crippen MR) is 62.7 cm³/mol. The van der Waals surface area contributed by atoms with E-state index in [0.717, 1.165) is 24.3 Å². The minimum Gasteiger partial charge on any atom is -0.476 e. The van der Waals surface area contributed by atoms with Gasteiger partial charge in [-0.05, 0) is 18.2 Å². The van der Waals surface area contributed by atoms with Crippen molar-refractivity contribution in [1.82, 2.24) is 0 Å². The number of benzene rings is 1. The van der Waals surface area contributed by atoms with Crippen molar-refractivity contribution in [1.29, 1.82) is 0 Å². The molecule has 0 radical (unpaired) electrons. The first-order chi connectivity index (χ1) is 9.60. The second-order valence-electron chi connectivity index (χ2n) is 4.12. The molecule has 1 aliphatic rings. The molecule has 0 aliphatic carbocycles.